The molecule has 0 saturated heterocycles. The summed E-state index contributed by atoms with van der Waals surface area (Å²) in [6.07, 6.45) is 3.84. The van der Waals surface area contributed by atoms with E-state index in [2.05, 4.69) is 43.1 Å². The van der Waals surface area contributed by atoms with Crippen molar-refractivity contribution >= 4 is 17.3 Å². The second-order valence-electron chi connectivity index (χ2n) is 6.13. The van der Waals surface area contributed by atoms with Crippen molar-refractivity contribution in [2.24, 2.45) is 5.92 Å². The smallest absolute Gasteiger partial charge is 0.0643 e. The fourth-order valence-electron chi connectivity index (χ4n) is 2.54. The van der Waals surface area contributed by atoms with Crippen LogP contribution in [0.4, 0.5) is 5.69 Å². The second kappa shape index (κ2) is 7.33. The van der Waals surface area contributed by atoms with Crippen molar-refractivity contribution < 1.29 is 0 Å². The van der Waals surface area contributed by atoms with Crippen molar-refractivity contribution in [3.8, 4) is 0 Å². The zero-order valence-corrected chi connectivity index (χ0v) is 13.7. The van der Waals surface area contributed by atoms with Crippen molar-refractivity contribution in [3.63, 3.8) is 0 Å². The first-order valence-electron chi connectivity index (χ1n) is 7.88. The van der Waals surface area contributed by atoms with Crippen LogP contribution in [0.3, 0.4) is 0 Å². The third kappa shape index (κ3) is 4.13. The molecule has 112 valence electrons. The lowest BCUT2D eigenvalue weighted by molar-refractivity contribution is 0.569. The zero-order valence-electron chi connectivity index (χ0n) is 13.0. The number of halogens is 1. The maximum absolute atomic E-state index is 6.52. The monoisotopic (exact) mass is 294 g/mol. The van der Waals surface area contributed by atoms with Gasteiger partial charge in [-0.25, -0.2) is 0 Å². The number of anilines is 1. The molecular formula is C17H27ClN2. The van der Waals surface area contributed by atoms with E-state index in [0.29, 0.717) is 6.04 Å². The van der Waals surface area contributed by atoms with E-state index in [0.717, 1.165) is 30.6 Å². The van der Waals surface area contributed by atoms with E-state index < -0.39 is 0 Å². The first kappa shape index (κ1) is 15.7. The number of hydrogen-bond donors (Lipinski definition) is 1. The van der Waals surface area contributed by atoms with Gasteiger partial charge in [0.1, 0.15) is 0 Å². The van der Waals surface area contributed by atoms with E-state index in [4.69, 9.17) is 11.6 Å². The van der Waals surface area contributed by atoms with E-state index in [-0.39, 0.29) is 0 Å². The van der Waals surface area contributed by atoms with Crippen LogP contribution in [0.2, 0.25) is 5.02 Å². The molecule has 0 radical (unpaired) electrons. The number of nitrogens with one attached hydrogen (secondary N) is 1. The zero-order chi connectivity index (χ0) is 14.5. The maximum atomic E-state index is 6.52. The Labute approximate surface area is 128 Å². The van der Waals surface area contributed by atoms with Crippen molar-refractivity contribution in [3.05, 3.63) is 28.8 Å². The number of hydrogen-bond acceptors (Lipinski definition) is 2. The SMILES string of the molecule is CCNCc1cccc(Cl)c1N(CCC(C)C)C1CC1. The molecule has 2 nitrogen and oxygen atoms in total. The molecule has 0 atom stereocenters. The summed E-state index contributed by atoms with van der Waals surface area (Å²) in [5, 5.41) is 4.33. The summed E-state index contributed by atoms with van der Waals surface area (Å²) in [5.74, 6) is 0.732. The maximum Gasteiger partial charge on any atom is 0.0643 e. The van der Waals surface area contributed by atoms with Gasteiger partial charge in [-0.2, -0.15) is 0 Å². The largest absolute Gasteiger partial charge is 0.367 e. The van der Waals surface area contributed by atoms with Gasteiger partial charge in [0.2, 0.25) is 0 Å². The Bertz CT molecular complexity index is 427. The van der Waals surface area contributed by atoms with Gasteiger partial charge in [0.05, 0.1) is 10.7 Å². The lowest BCUT2D eigenvalue weighted by Crippen LogP contribution is -2.30. The molecule has 2 rings (SSSR count). The molecule has 0 aromatic heterocycles. The van der Waals surface area contributed by atoms with Crippen LogP contribution in [0.5, 0.6) is 0 Å². The van der Waals surface area contributed by atoms with Gasteiger partial charge < -0.3 is 10.2 Å². The Hall–Kier alpha value is -0.730. The van der Waals surface area contributed by atoms with Crippen LogP contribution in [-0.4, -0.2) is 19.1 Å². The third-order valence-electron chi connectivity index (χ3n) is 3.86. The predicted octanol–water partition coefficient (Wildman–Crippen LogP) is 4.46. The number of benzene rings is 1. The Kier molecular flexibility index (Phi) is 5.74. The molecule has 1 fully saturated rings. The van der Waals surface area contributed by atoms with E-state index in [1.165, 1.54) is 30.5 Å². The molecule has 1 saturated carbocycles. The highest BCUT2D eigenvalue weighted by Gasteiger charge is 2.31. The van der Waals surface area contributed by atoms with E-state index >= 15 is 0 Å². The molecule has 0 spiro atoms. The molecule has 0 aliphatic heterocycles. The molecule has 20 heavy (non-hydrogen) atoms. The van der Waals surface area contributed by atoms with Crippen LogP contribution in [0.1, 0.15) is 45.6 Å². The average molecular weight is 295 g/mol. The minimum absolute atomic E-state index is 0.703. The second-order valence-corrected chi connectivity index (χ2v) is 6.54. The van der Waals surface area contributed by atoms with Gasteiger partial charge >= 0.3 is 0 Å². The lowest BCUT2D eigenvalue weighted by atomic mass is 10.1. The summed E-state index contributed by atoms with van der Waals surface area (Å²) in [6, 6.07) is 6.99. The minimum Gasteiger partial charge on any atom is -0.367 e. The van der Waals surface area contributed by atoms with Crippen LogP contribution >= 0.6 is 11.6 Å². The van der Waals surface area contributed by atoms with E-state index in [9.17, 15) is 0 Å². The summed E-state index contributed by atoms with van der Waals surface area (Å²) >= 11 is 6.52. The van der Waals surface area contributed by atoms with Gasteiger partial charge in [0, 0.05) is 19.1 Å². The van der Waals surface area contributed by atoms with Crippen LogP contribution in [-0.2, 0) is 6.54 Å². The molecule has 1 N–H and O–H groups in total. The Balaban J connectivity index is 2.21. The number of rotatable bonds is 8. The van der Waals surface area contributed by atoms with Crippen molar-refractivity contribution in [2.45, 2.75) is 52.6 Å². The molecule has 0 unspecified atom stereocenters. The molecule has 1 aromatic carbocycles. The van der Waals surface area contributed by atoms with Crippen LogP contribution in [0.15, 0.2) is 18.2 Å². The quantitative estimate of drug-likeness (QED) is 0.761. The van der Waals surface area contributed by atoms with Gasteiger partial charge in [-0.1, -0.05) is 44.5 Å². The Morgan fingerprint density at radius 2 is 2.10 bits per heavy atom. The molecule has 1 aliphatic rings. The van der Waals surface area contributed by atoms with E-state index in [1.807, 2.05) is 6.07 Å². The minimum atomic E-state index is 0.703. The van der Waals surface area contributed by atoms with Crippen LogP contribution < -0.4 is 10.2 Å². The first-order valence-corrected chi connectivity index (χ1v) is 8.26. The van der Waals surface area contributed by atoms with Gasteiger partial charge in [-0.3, -0.25) is 0 Å². The standard InChI is InChI=1S/C17H27ClN2/c1-4-19-12-14-6-5-7-16(18)17(14)20(15-8-9-15)11-10-13(2)3/h5-7,13,15,19H,4,8-12H2,1-3H3. The third-order valence-corrected chi connectivity index (χ3v) is 4.16. The average Bonchev–Trinajstić information content (AvgIpc) is 3.23. The summed E-state index contributed by atoms with van der Waals surface area (Å²) in [5.41, 5.74) is 2.59. The lowest BCUT2D eigenvalue weighted by Gasteiger charge is -2.29. The fourth-order valence-corrected chi connectivity index (χ4v) is 2.85. The predicted molar refractivity (Wildman–Crippen MR) is 88.7 cm³/mol. The Morgan fingerprint density at radius 1 is 1.35 bits per heavy atom. The molecular weight excluding hydrogens is 268 g/mol. The number of para-hydroxylation sites is 1. The van der Waals surface area contributed by atoms with Gasteiger partial charge in [-0.15, -0.1) is 0 Å². The van der Waals surface area contributed by atoms with Gasteiger partial charge in [-0.05, 0) is 43.4 Å². The normalized spacial score (nSPS) is 14.8. The first-order chi connectivity index (χ1) is 9.63. The van der Waals surface area contributed by atoms with Gasteiger partial charge in [0.25, 0.3) is 0 Å². The number of nitrogens with zero attached hydrogens (tertiary/aromatic N) is 1. The highest BCUT2D eigenvalue weighted by atomic mass is 35.5. The highest BCUT2D eigenvalue weighted by molar-refractivity contribution is 6.33. The van der Waals surface area contributed by atoms with Crippen molar-refractivity contribution in [1.29, 1.82) is 0 Å². The molecule has 1 aliphatic carbocycles. The summed E-state index contributed by atoms with van der Waals surface area (Å²) in [6.45, 7) is 9.72. The van der Waals surface area contributed by atoms with Crippen molar-refractivity contribution in [1.82, 2.24) is 5.32 Å². The Morgan fingerprint density at radius 3 is 2.70 bits per heavy atom. The summed E-state index contributed by atoms with van der Waals surface area (Å²) in [7, 11) is 0. The molecule has 0 heterocycles. The molecule has 0 amide bonds. The van der Waals surface area contributed by atoms with E-state index in [1.54, 1.807) is 0 Å². The molecule has 1 aromatic rings. The van der Waals surface area contributed by atoms with Crippen LogP contribution in [0.25, 0.3) is 0 Å². The molecule has 3 heteroatoms. The van der Waals surface area contributed by atoms with Gasteiger partial charge in [0.15, 0.2) is 0 Å². The van der Waals surface area contributed by atoms with Crippen LogP contribution in [0, 0.1) is 5.92 Å². The topological polar surface area (TPSA) is 15.3 Å². The summed E-state index contributed by atoms with van der Waals surface area (Å²) in [4.78, 5) is 2.55. The fraction of sp³-hybridized carbons (Fsp3) is 0.647. The summed E-state index contributed by atoms with van der Waals surface area (Å²) < 4.78 is 0. The highest BCUT2D eigenvalue weighted by Crippen LogP contribution is 2.38. The van der Waals surface area contributed by atoms with Crippen molar-refractivity contribution in [2.75, 3.05) is 18.0 Å². The molecule has 0 bridgehead atoms.